The van der Waals surface area contributed by atoms with Crippen LogP contribution in [-0.4, -0.2) is 36.5 Å². The van der Waals surface area contributed by atoms with Crippen LogP contribution in [0, 0.1) is 5.92 Å². The third-order valence-electron chi connectivity index (χ3n) is 5.66. The van der Waals surface area contributed by atoms with Gasteiger partial charge in [-0.3, -0.25) is 4.79 Å². The summed E-state index contributed by atoms with van der Waals surface area (Å²) in [6.07, 6.45) is 2.50. The van der Waals surface area contributed by atoms with Gasteiger partial charge in [0.1, 0.15) is 6.04 Å². The van der Waals surface area contributed by atoms with E-state index in [9.17, 15) is 13.2 Å². The number of amides is 1. The van der Waals surface area contributed by atoms with Crippen LogP contribution in [0.25, 0.3) is 21.8 Å². The Bertz CT molecular complexity index is 1380. The van der Waals surface area contributed by atoms with E-state index in [0.717, 1.165) is 21.8 Å². The predicted molar refractivity (Wildman–Crippen MR) is 130 cm³/mol. The van der Waals surface area contributed by atoms with Gasteiger partial charge in [0.05, 0.1) is 22.3 Å². The number of rotatable bonds is 9. The highest BCUT2D eigenvalue weighted by molar-refractivity contribution is 7.89. The highest BCUT2D eigenvalue weighted by Crippen LogP contribution is 2.20. The lowest BCUT2D eigenvalue weighted by Crippen LogP contribution is -2.49. The Balaban J connectivity index is 1.38. The molecular formula is C25H28N4O3S. The number of carbonyl (C=O) groups excluding carboxylic acids is 1. The second-order valence-electron chi connectivity index (χ2n) is 8.42. The lowest BCUT2D eigenvalue weighted by Gasteiger charge is -2.22. The second kappa shape index (κ2) is 9.72. The van der Waals surface area contributed by atoms with Crippen molar-refractivity contribution < 1.29 is 13.2 Å². The zero-order valence-electron chi connectivity index (χ0n) is 18.7. The van der Waals surface area contributed by atoms with Gasteiger partial charge in [-0.25, -0.2) is 13.4 Å². The van der Waals surface area contributed by atoms with Gasteiger partial charge in [0.2, 0.25) is 15.9 Å². The number of aromatic nitrogens is 2. The molecule has 0 bridgehead atoms. The summed E-state index contributed by atoms with van der Waals surface area (Å²) in [5.41, 5.74) is 1.98. The van der Waals surface area contributed by atoms with Gasteiger partial charge in [0, 0.05) is 13.1 Å². The van der Waals surface area contributed by atoms with Gasteiger partial charge < -0.3 is 9.88 Å². The lowest BCUT2D eigenvalue weighted by molar-refractivity contribution is -0.123. The van der Waals surface area contributed by atoms with Crippen molar-refractivity contribution in [2.75, 3.05) is 6.54 Å². The number of nitrogens with one attached hydrogen (secondary N) is 2. The van der Waals surface area contributed by atoms with E-state index in [4.69, 9.17) is 0 Å². The van der Waals surface area contributed by atoms with E-state index in [-0.39, 0.29) is 16.7 Å². The van der Waals surface area contributed by atoms with Gasteiger partial charge in [0.15, 0.2) is 0 Å². The quantitative estimate of drug-likeness (QED) is 0.370. The van der Waals surface area contributed by atoms with Crippen molar-refractivity contribution in [3.63, 3.8) is 0 Å². The fourth-order valence-electron chi connectivity index (χ4n) is 3.82. The number of hydrogen-bond acceptors (Lipinski definition) is 4. The molecule has 33 heavy (non-hydrogen) atoms. The average Bonchev–Trinajstić information content (AvgIpc) is 3.23. The molecule has 0 aliphatic carbocycles. The van der Waals surface area contributed by atoms with Crippen molar-refractivity contribution in [2.24, 2.45) is 5.92 Å². The van der Waals surface area contributed by atoms with Crippen LogP contribution in [0.1, 0.15) is 20.3 Å². The smallest absolute Gasteiger partial charge is 0.241 e. The van der Waals surface area contributed by atoms with Gasteiger partial charge in [-0.05, 0) is 47.4 Å². The molecule has 1 atom stereocenters. The minimum absolute atomic E-state index is 0.145. The van der Waals surface area contributed by atoms with Crippen LogP contribution in [0.3, 0.4) is 0 Å². The number of hydrogen-bond donors (Lipinski definition) is 2. The van der Waals surface area contributed by atoms with E-state index in [0.29, 0.717) is 19.5 Å². The Hall–Kier alpha value is -3.23. The molecule has 4 aromatic rings. The van der Waals surface area contributed by atoms with E-state index in [1.54, 1.807) is 24.5 Å². The van der Waals surface area contributed by atoms with E-state index in [1.165, 1.54) is 0 Å². The third-order valence-corrected chi connectivity index (χ3v) is 7.10. The Kier molecular flexibility index (Phi) is 6.76. The summed E-state index contributed by atoms with van der Waals surface area (Å²) in [6, 6.07) is 19.6. The fourth-order valence-corrected chi connectivity index (χ4v) is 5.20. The minimum atomic E-state index is -3.85. The summed E-state index contributed by atoms with van der Waals surface area (Å²) in [5.74, 6) is -0.539. The van der Waals surface area contributed by atoms with Crippen molar-refractivity contribution in [3.05, 3.63) is 73.1 Å². The number of para-hydroxylation sites is 2. The summed E-state index contributed by atoms with van der Waals surface area (Å²) in [6.45, 7) is 4.79. The molecule has 3 aromatic carbocycles. The average molecular weight is 465 g/mol. The number of nitrogens with zero attached hydrogens (tertiary/aromatic N) is 2. The Morgan fingerprint density at radius 3 is 2.52 bits per heavy atom. The molecule has 1 aromatic heterocycles. The molecule has 0 saturated carbocycles. The predicted octanol–water partition coefficient (Wildman–Crippen LogP) is 3.70. The maximum Gasteiger partial charge on any atom is 0.241 e. The van der Waals surface area contributed by atoms with Crippen molar-refractivity contribution in [1.82, 2.24) is 19.6 Å². The molecular weight excluding hydrogens is 436 g/mol. The van der Waals surface area contributed by atoms with Crippen LogP contribution < -0.4 is 10.0 Å². The standard InChI is InChI=1S/C25H28N4O3S/c1-18(2)24(28-33(31,32)21-13-12-19-8-3-4-9-20(19)16-21)25(30)26-14-7-15-29-17-27-22-10-5-6-11-23(22)29/h3-6,8-13,16-18,24,28H,7,14-15H2,1-2H3,(H,26,30)/t24-/m0/s1. The van der Waals surface area contributed by atoms with Crippen molar-refractivity contribution in [2.45, 2.75) is 37.8 Å². The van der Waals surface area contributed by atoms with E-state index in [2.05, 4.69) is 15.0 Å². The van der Waals surface area contributed by atoms with Gasteiger partial charge in [-0.1, -0.05) is 56.3 Å². The molecule has 2 N–H and O–H groups in total. The summed E-state index contributed by atoms with van der Waals surface area (Å²) in [5, 5.41) is 4.67. The number of imidazole rings is 1. The Morgan fingerprint density at radius 1 is 1.00 bits per heavy atom. The number of carbonyl (C=O) groups is 1. The molecule has 0 aliphatic rings. The highest BCUT2D eigenvalue weighted by Gasteiger charge is 2.28. The number of benzene rings is 3. The summed E-state index contributed by atoms with van der Waals surface area (Å²) >= 11 is 0. The maximum atomic E-state index is 13.0. The first-order valence-corrected chi connectivity index (χ1v) is 12.5. The Labute approximate surface area is 193 Å². The second-order valence-corrected chi connectivity index (χ2v) is 10.1. The first kappa shape index (κ1) is 22.9. The van der Waals surface area contributed by atoms with Crippen molar-refractivity contribution in [3.8, 4) is 0 Å². The molecule has 0 spiro atoms. The van der Waals surface area contributed by atoms with Gasteiger partial charge in [-0.15, -0.1) is 0 Å². The number of aryl methyl sites for hydroxylation is 1. The van der Waals surface area contributed by atoms with Gasteiger partial charge in [0.25, 0.3) is 0 Å². The van der Waals surface area contributed by atoms with E-state index >= 15 is 0 Å². The molecule has 0 unspecified atom stereocenters. The van der Waals surface area contributed by atoms with Crippen LogP contribution in [0.15, 0.2) is 78.0 Å². The van der Waals surface area contributed by atoms with E-state index < -0.39 is 16.1 Å². The molecule has 7 nitrogen and oxygen atoms in total. The van der Waals surface area contributed by atoms with Gasteiger partial charge >= 0.3 is 0 Å². The number of sulfonamides is 1. The summed E-state index contributed by atoms with van der Waals surface area (Å²) in [4.78, 5) is 17.3. The molecule has 8 heteroatoms. The topological polar surface area (TPSA) is 93.1 Å². The maximum absolute atomic E-state index is 13.0. The minimum Gasteiger partial charge on any atom is -0.355 e. The molecule has 172 valence electrons. The van der Waals surface area contributed by atoms with Crippen molar-refractivity contribution in [1.29, 1.82) is 0 Å². The molecule has 1 heterocycles. The van der Waals surface area contributed by atoms with Crippen LogP contribution in [-0.2, 0) is 21.4 Å². The summed E-state index contributed by atoms with van der Waals surface area (Å²) < 4.78 is 30.6. The largest absolute Gasteiger partial charge is 0.355 e. The normalized spacial score (nSPS) is 12.9. The SMILES string of the molecule is CC(C)[C@H](NS(=O)(=O)c1ccc2ccccc2c1)C(=O)NCCCn1cnc2ccccc21. The highest BCUT2D eigenvalue weighted by atomic mass is 32.2. The zero-order valence-corrected chi connectivity index (χ0v) is 19.5. The Morgan fingerprint density at radius 2 is 1.73 bits per heavy atom. The van der Waals surface area contributed by atoms with Crippen LogP contribution >= 0.6 is 0 Å². The lowest BCUT2D eigenvalue weighted by atomic mass is 10.1. The molecule has 1 amide bonds. The van der Waals surface area contributed by atoms with Crippen LogP contribution in [0.4, 0.5) is 0 Å². The van der Waals surface area contributed by atoms with Crippen molar-refractivity contribution >= 4 is 37.7 Å². The molecule has 4 rings (SSSR count). The molecule has 0 fully saturated rings. The van der Waals surface area contributed by atoms with Crippen LogP contribution in [0.2, 0.25) is 0 Å². The van der Waals surface area contributed by atoms with Gasteiger partial charge in [-0.2, -0.15) is 4.72 Å². The molecule has 0 radical (unpaired) electrons. The number of fused-ring (bicyclic) bond motifs is 2. The molecule has 0 aliphatic heterocycles. The monoisotopic (exact) mass is 464 g/mol. The molecule has 0 saturated heterocycles. The zero-order chi connectivity index (χ0) is 23.4. The van der Waals surface area contributed by atoms with E-state index in [1.807, 2.05) is 66.9 Å². The first-order valence-electron chi connectivity index (χ1n) is 11.0. The fraction of sp³-hybridized carbons (Fsp3) is 0.280. The summed E-state index contributed by atoms with van der Waals surface area (Å²) in [7, 11) is -3.85. The van der Waals surface area contributed by atoms with Crippen LogP contribution in [0.5, 0.6) is 0 Å². The first-order chi connectivity index (χ1) is 15.8. The third kappa shape index (κ3) is 5.23.